The number of carbonyl (C=O) groups excluding carboxylic acids is 1. The van der Waals surface area contributed by atoms with Crippen molar-refractivity contribution in [3.05, 3.63) is 50.7 Å². The topological polar surface area (TPSA) is 79.8 Å². The van der Waals surface area contributed by atoms with E-state index in [1.54, 1.807) is 0 Å². The lowest BCUT2D eigenvalue weighted by Crippen LogP contribution is -2.39. The number of carbonyl (C=O) groups is 1. The zero-order valence-corrected chi connectivity index (χ0v) is 13.6. The van der Waals surface area contributed by atoms with Gasteiger partial charge in [-0.15, -0.1) is 0 Å². The van der Waals surface area contributed by atoms with Crippen LogP contribution in [0.1, 0.15) is 39.0 Å². The molecule has 0 aliphatic heterocycles. The van der Waals surface area contributed by atoms with Crippen LogP contribution in [-0.2, 0) is 7.05 Å². The van der Waals surface area contributed by atoms with E-state index in [4.69, 9.17) is 0 Å². The minimum Gasteiger partial charge on any atom is -0.337 e. The van der Waals surface area contributed by atoms with E-state index in [-0.39, 0.29) is 16.8 Å². The maximum absolute atomic E-state index is 13.5. The zero-order chi connectivity index (χ0) is 18.2. The number of halogens is 3. The molecule has 0 unspecified atom stereocenters. The molecule has 0 spiro atoms. The number of amides is 1. The normalized spacial score (nSPS) is 13.0. The van der Waals surface area contributed by atoms with E-state index in [2.05, 4.69) is 10.1 Å². The van der Waals surface area contributed by atoms with Gasteiger partial charge in [0.15, 0.2) is 6.04 Å². The molecule has 0 aliphatic carbocycles. The Hall–Kier alpha value is -2.58. The molecule has 24 heavy (non-hydrogen) atoms. The molecule has 9 heteroatoms. The molecule has 0 fully saturated rings. The predicted molar refractivity (Wildman–Crippen MR) is 80.7 cm³/mol. The van der Waals surface area contributed by atoms with Gasteiger partial charge in [-0.25, -0.2) is 0 Å². The minimum absolute atomic E-state index is 0.0973. The zero-order valence-electron chi connectivity index (χ0n) is 13.6. The molecule has 1 atom stereocenters. The number of hydrogen-bond donors (Lipinski definition) is 2. The maximum atomic E-state index is 13.5. The van der Waals surface area contributed by atoms with E-state index in [1.165, 1.54) is 38.6 Å². The average Bonchev–Trinajstić information content (AvgIpc) is 2.67. The average molecular weight is 342 g/mol. The predicted octanol–water partition coefficient (Wildman–Crippen LogP) is 2.07. The van der Waals surface area contributed by atoms with E-state index in [0.29, 0.717) is 11.4 Å². The number of H-pyrrole nitrogens is 1. The van der Waals surface area contributed by atoms with Gasteiger partial charge >= 0.3 is 6.18 Å². The highest BCUT2D eigenvalue weighted by Crippen LogP contribution is 2.35. The number of hydrogen-bond acceptors (Lipinski definition) is 3. The summed E-state index contributed by atoms with van der Waals surface area (Å²) < 4.78 is 41.8. The Balaban J connectivity index is 2.44. The summed E-state index contributed by atoms with van der Waals surface area (Å²) in [6.07, 6.45) is -4.70. The van der Waals surface area contributed by atoms with Crippen molar-refractivity contribution in [2.24, 2.45) is 7.05 Å². The van der Waals surface area contributed by atoms with Crippen molar-refractivity contribution in [2.75, 3.05) is 0 Å². The number of rotatable bonds is 3. The van der Waals surface area contributed by atoms with Crippen LogP contribution in [0.2, 0.25) is 0 Å². The Morgan fingerprint density at radius 1 is 1.29 bits per heavy atom. The Bertz CT molecular complexity index is 836. The summed E-state index contributed by atoms with van der Waals surface area (Å²) in [5.41, 5.74) is 0.0731. The van der Waals surface area contributed by atoms with Crippen LogP contribution in [0, 0.1) is 20.8 Å². The lowest BCUT2D eigenvalue weighted by molar-refractivity contribution is -0.155. The van der Waals surface area contributed by atoms with Crippen molar-refractivity contribution in [1.82, 2.24) is 20.1 Å². The minimum atomic E-state index is -4.70. The summed E-state index contributed by atoms with van der Waals surface area (Å²) in [7, 11) is 1.53. The SMILES string of the molecule is Cc1cc(C(=O)N[C@H](c2c(C)nn(C)c2C)C(F)(F)F)cc(=O)[nH]1. The van der Waals surface area contributed by atoms with E-state index in [1.807, 2.05) is 5.32 Å². The second-order valence-corrected chi connectivity index (χ2v) is 5.57. The van der Waals surface area contributed by atoms with Crippen LogP contribution >= 0.6 is 0 Å². The smallest absolute Gasteiger partial charge is 0.337 e. The van der Waals surface area contributed by atoms with Gasteiger partial charge in [-0.3, -0.25) is 14.3 Å². The van der Waals surface area contributed by atoms with E-state index >= 15 is 0 Å². The van der Waals surface area contributed by atoms with Crippen LogP contribution in [-0.4, -0.2) is 26.8 Å². The number of aromatic amines is 1. The van der Waals surface area contributed by atoms with Crippen molar-refractivity contribution < 1.29 is 18.0 Å². The third-order valence-corrected chi connectivity index (χ3v) is 3.70. The summed E-state index contributed by atoms with van der Waals surface area (Å²) in [6.45, 7) is 4.48. The van der Waals surface area contributed by atoms with Gasteiger partial charge in [0, 0.05) is 35.6 Å². The maximum Gasteiger partial charge on any atom is 0.413 e. The molecular formula is C15H17F3N4O2. The first-order valence-corrected chi connectivity index (χ1v) is 7.09. The van der Waals surface area contributed by atoms with E-state index in [0.717, 1.165) is 6.07 Å². The number of pyridine rings is 1. The molecule has 2 heterocycles. The molecule has 0 saturated heterocycles. The molecule has 2 aromatic rings. The van der Waals surface area contributed by atoms with E-state index < -0.39 is 23.7 Å². The molecule has 6 nitrogen and oxygen atoms in total. The van der Waals surface area contributed by atoms with Gasteiger partial charge in [-0.2, -0.15) is 18.3 Å². The van der Waals surface area contributed by atoms with Gasteiger partial charge in [0.25, 0.3) is 5.91 Å². The van der Waals surface area contributed by atoms with Gasteiger partial charge in [-0.1, -0.05) is 0 Å². The van der Waals surface area contributed by atoms with Crippen molar-refractivity contribution >= 4 is 5.91 Å². The number of aromatic nitrogens is 3. The fraction of sp³-hybridized carbons (Fsp3) is 0.400. The summed E-state index contributed by atoms with van der Waals surface area (Å²) in [5.74, 6) is -0.978. The quantitative estimate of drug-likeness (QED) is 0.896. The van der Waals surface area contributed by atoms with Crippen molar-refractivity contribution in [3.8, 4) is 0 Å². The molecule has 0 bridgehead atoms. The second kappa shape index (κ2) is 6.14. The molecule has 0 saturated carbocycles. The first-order valence-electron chi connectivity index (χ1n) is 7.09. The highest BCUT2D eigenvalue weighted by Gasteiger charge is 2.44. The summed E-state index contributed by atoms with van der Waals surface area (Å²) in [5, 5.41) is 5.93. The number of alkyl halides is 3. The first kappa shape index (κ1) is 17.8. The molecular weight excluding hydrogens is 325 g/mol. The third-order valence-electron chi connectivity index (χ3n) is 3.70. The third kappa shape index (κ3) is 3.50. The fourth-order valence-corrected chi connectivity index (χ4v) is 2.55. The monoisotopic (exact) mass is 342 g/mol. The molecule has 0 radical (unpaired) electrons. The Labute approximate surface area is 135 Å². The number of nitrogens with one attached hydrogen (secondary N) is 2. The summed E-state index contributed by atoms with van der Waals surface area (Å²) >= 11 is 0. The second-order valence-electron chi connectivity index (χ2n) is 5.57. The number of nitrogens with zero attached hydrogens (tertiary/aromatic N) is 2. The largest absolute Gasteiger partial charge is 0.413 e. The molecule has 2 aromatic heterocycles. The van der Waals surface area contributed by atoms with Crippen LogP contribution in [0.3, 0.4) is 0 Å². The number of aryl methyl sites for hydroxylation is 3. The van der Waals surface area contributed by atoms with E-state index in [9.17, 15) is 22.8 Å². The van der Waals surface area contributed by atoms with Gasteiger partial charge in [0.05, 0.1) is 5.69 Å². The fourth-order valence-electron chi connectivity index (χ4n) is 2.55. The molecule has 2 N–H and O–H groups in total. The lowest BCUT2D eigenvalue weighted by Gasteiger charge is -2.22. The summed E-state index contributed by atoms with van der Waals surface area (Å²) in [4.78, 5) is 26.1. The lowest BCUT2D eigenvalue weighted by atomic mass is 10.0. The molecule has 130 valence electrons. The standard InChI is InChI=1S/C15H17F3N4O2/c1-7-5-10(6-11(23)19-7)14(24)20-13(15(16,17)18)12-8(2)21-22(4)9(12)3/h5-6,13H,1-4H3,(H,19,23)(H,20,24)/t13-/m1/s1. The van der Waals surface area contributed by atoms with Crippen LogP contribution in [0.15, 0.2) is 16.9 Å². The van der Waals surface area contributed by atoms with Gasteiger partial charge in [-0.05, 0) is 26.8 Å². The van der Waals surface area contributed by atoms with Crippen molar-refractivity contribution in [2.45, 2.75) is 33.0 Å². The summed E-state index contributed by atoms with van der Waals surface area (Å²) in [6, 6.07) is 0.0598. The van der Waals surface area contributed by atoms with Crippen LogP contribution < -0.4 is 10.9 Å². The van der Waals surface area contributed by atoms with Gasteiger partial charge < -0.3 is 10.3 Å². The van der Waals surface area contributed by atoms with Crippen molar-refractivity contribution in [3.63, 3.8) is 0 Å². The highest BCUT2D eigenvalue weighted by molar-refractivity contribution is 5.94. The Kier molecular flexibility index (Phi) is 4.54. The Morgan fingerprint density at radius 2 is 1.92 bits per heavy atom. The molecule has 2 rings (SSSR count). The van der Waals surface area contributed by atoms with Gasteiger partial charge in [0.1, 0.15) is 0 Å². The van der Waals surface area contributed by atoms with Crippen LogP contribution in [0.4, 0.5) is 13.2 Å². The molecule has 0 aromatic carbocycles. The Morgan fingerprint density at radius 3 is 2.38 bits per heavy atom. The van der Waals surface area contributed by atoms with Gasteiger partial charge in [0.2, 0.25) is 5.56 Å². The van der Waals surface area contributed by atoms with Crippen molar-refractivity contribution in [1.29, 1.82) is 0 Å². The highest BCUT2D eigenvalue weighted by atomic mass is 19.4. The van der Waals surface area contributed by atoms with Crippen LogP contribution in [0.5, 0.6) is 0 Å². The first-order chi connectivity index (χ1) is 11.0. The molecule has 0 aliphatic rings. The van der Waals surface area contributed by atoms with Crippen LogP contribution in [0.25, 0.3) is 0 Å². The molecule has 1 amide bonds.